The van der Waals surface area contributed by atoms with Crippen molar-refractivity contribution in [2.75, 3.05) is 44.6 Å². The van der Waals surface area contributed by atoms with E-state index in [1.54, 1.807) is 11.0 Å². The van der Waals surface area contributed by atoms with Gasteiger partial charge in [0.2, 0.25) is 0 Å². The van der Waals surface area contributed by atoms with Gasteiger partial charge in [-0.1, -0.05) is 40.9 Å². The van der Waals surface area contributed by atoms with Crippen LogP contribution in [0, 0.1) is 6.92 Å². The smallest absolute Gasteiger partial charge is 0.317 e. The van der Waals surface area contributed by atoms with Crippen molar-refractivity contribution >= 4 is 41.0 Å². The summed E-state index contributed by atoms with van der Waals surface area (Å²) in [5.74, 6) is 0.535. The Morgan fingerprint density at radius 3 is 2.60 bits per heavy atom. The van der Waals surface area contributed by atoms with Gasteiger partial charge in [-0.25, -0.2) is 9.78 Å². The molecule has 1 aliphatic heterocycles. The number of halogens is 2. The summed E-state index contributed by atoms with van der Waals surface area (Å²) in [7, 11) is 0. The van der Waals surface area contributed by atoms with Crippen LogP contribution in [-0.4, -0.2) is 66.0 Å². The molecule has 1 saturated heterocycles. The topological polar surface area (TPSA) is 77.6 Å². The number of aromatic nitrogens is 1. The summed E-state index contributed by atoms with van der Waals surface area (Å²) in [6.07, 6.45) is 2.25. The highest BCUT2D eigenvalue weighted by atomic mass is 35.5. The monoisotopic (exact) mass is 449 g/mol. The Morgan fingerprint density at radius 2 is 1.83 bits per heavy atom. The van der Waals surface area contributed by atoms with Crippen LogP contribution in [0.3, 0.4) is 0 Å². The highest BCUT2D eigenvalue weighted by Gasteiger charge is 2.22. The number of carbonyl (C=O) groups excluding carboxylic acids is 2. The van der Waals surface area contributed by atoms with E-state index in [1.807, 2.05) is 36.1 Å². The van der Waals surface area contributed by atoms with Crippen molar-refractivity contribution in [2.24, 2.45) is 0 Å². The van der Waals surface area contributed by atoms with Gasteiger partial charge in [-0.3, -0.25) is 4.79 Å². The molecule has 1 aromatic carbocycles. The normalized spacial score (nSPS) is 14.2. The average molecular weight is 450 g/mol. The highest BCUT2D eigenvalue weighted by molar-refractivity contribution is 6.35. The Morgan fingerprint density at radius 1 is 1.07 bits per heavy atom. The van der Waals surface area contributed by atoms with E-state index in [-0.39, 0.29) is 11.9 Å². The van der Waals surface area contributed by atoms with Gasteiger partial charge in [0.1, 0.15) is 5.82 Å². The number of carbonyl (C=O) groups is 2. The predicted molar refractivity (Wildman–Crippen MR) is 119 cm³/mol. The van der Waals surface area contributed by atoms with Crippen molar-refractivity contribution in [1.29, 1.82) is 0 Å². The lowest BCUT2D eigenvalue weighted by Crippen LogP contribution is -2.43. The van der Waals surface area contributed by atoms with Crippen molar-refractivity contribution in [3.63, 3.8) is 0 Å². The first kappa shape index (κ1) is 22.2. The number of anilines is 1. The van der Waals surface area contributed by atoms with Gasteiger partial charge in [0.05, 0.1) is 10.0 Å². The lowest BCUT2D eigenvalue weighted by molar-refractivity contribution is 0.0762. The van der Waals surface area contributed by atoms with E-state index in [2.05, 4.69) is 15.6 Å². The van der Waals surface area contributed by atoms with E-state index in [0.29, 0.717) is 60.7 Å². The van der Waals surface area contributed by atoms with Crippen LogP contribution in [0.4, 0.5) is 10.6 Å². The molecular formula is C21H25Cl2N5O2. The fourth-order valence-corrected chi connectivity index (χ4v) is 3.74. The first-order chi connectivity index (χ1) is 14.4. The van der Waals surface area contributed by atoms with Gasteiger partial charge in [0.15, 0.2) is 0 Å². The van der Waals surface area contributed by atoms with Crippen LogP contribution in [0.15, 0.2) is 36.5 Å². The zero-order chi connectivity index (χ0) is 21.5. The third kappa shape index (κ3) is 6.00. The van der Waals surface area contributed by atoms with E-state index in [0.717, 1.165) is 12.0 Å². The van der Waals surface area contributed by atoms with Crippen molar-refractivity contribution < 1.29 is 9.59 Å². The highest BCUT2D eigenvalue weighted by Crippen LogP contribution is 2.22. The Kier molecular flexibility index (Phi) is 7.76. The fraction of sp³-hybridized carbons (Fsp3) is 0.381. The maximum atomic E-state index is 12.7. The summed E-state index contributed by atoms with van der Waals surface area (Å²) in [4.78, 5) is 32.9. The molecule has 3 rings (SSSR count). The molecule has 7 nitrogen and oxygen atoms in total. The molecule has 3 amide bonds. The van der Waals surface area contributed by atoms with Gasteiger partial charge in [0.25, 0.3) is 5.91 Å². The second kappa shape index (κ2) is 10.5. The molecule has 0 unspecified atom stereocenters. The van der Waals surface area contributed by atoms with E-state index >= 15 is 0 Å². The number of rotatable bonds is 5. The van der Waals surface area contributed by atoms with Crippen LogP contribution >= 0.6 is 23.2 Å². The van der Waals surface area contributed by atoms with Crippen LogP contribution in [0.5, 0.6) is 0 Å². The molecule has 1 fully saturated rings. The third-order valence-corrected chi connectivity index (χ3v) is 5.33. The van der Waals surface area contributed by atoms with Crippen LogP contribution in [-0.2, 0) is 0 Å². The number of hydrogen-bond donors (Lipinski definition) is 2. The molecule has 1 aromatic heterocycles. The first-order valence-electron chi connectivity index (χ1n) is 9.87. The zero-order valence-electron chi connectivity index (χ0n) is 16.8. The second-order valence-corrected chi connectivity index (χ2v) is 7.99. The first-order valence-corrected chi connectivity index (χ1v) is 10.6. The number of amides is 3. The second-order valence-electron chi connectivity index (χ2n) is 7.14. The number of urea groups is 1. The number of hydrogen-bond acceptors (Lipinski definition) is 4. The Balaban J connectivity index is 1.44. The summed E-state index contributed by atoms with van der Waals surface area (Å²) in [5, 5.41) is 6.85. The molecule has 2 N–H and O–H groups in total. The van der Waals surface area contributed by atoms with Gasteiger partial charge < -0.3 is 20.4 Å². The maximum Gasteiger partial charge on any atom is 0.317 e. The minimum absolute atomic E-state index is 0.0116. The number of aryl methyl sites for hydroxylation is 1. The molecule has 2 aromatic rings. The SMILES string of the molecule is Cc1cccc(C(=O)N2CCCN(C(=O)NCCNc3ncc(Cl)cc3Cl)CC2)c1. The van der Waals surface area contributed by atoms with E-state index in [4.69, 9.17) is 23.2 Å². The van der Waals surface area contributed by atoms with Gasteiger partial charge in [-0.2, -0.15) is 0 Å². The lowest BCUT2D eigenvalue weighted by Gasteiger charge is -2.22. The molecule has 30 heavy (non-hydrogen) atoms. The number of benzene rings is 1. The van der Waals surface area contributed by atoms with Gasteiger partial charge in [0, 0.05) is 51.0 Å². The van der Waals surface area contributed by atoms with Crippen LogP contribution in [0.25, 0.3) is 0 Å². The van der Waals surface area contributed by atoms with Crippen LogP contribution in [0.1, 0.15) is 22.3 Å². The predicted octanol–water partition coefficient (Wildman–Crippen LogP) is 3.67. The summed E-state index contributed by atoms with van der Waals surface area (Å²) in [6.45, 7) is 5.13. The molecule has 2 heterocycles. The Labute approximate surface area is 186 Å². The van der Waals surface area contributed by atoms with Crippen LogP contribution in [0.2, 0.25) is 10.0 Å². The van der Waals surface area contributed by atoms with E-state index in [1.165, 1.54) is 6.20 Å². The number of pyridine rings is 1. The molecule has 160 valence electrons. The molecular weight excluding hydrogens is 425 g/mol. The summed E-state index contributed by atoms with van der Waals surface area (Å²) < 4.78 is 0. The van der Waals surface area contributed by atoms with Crippen molar-refractivity contribution in [3.8, 4) is 0 Å². The van der Waals surface area contributed by atoms with Crippen LogP contribution < -0.4 is 10.6 Å². The summed E-state index contributed by atoms with van der Waals surface area (Å²) in [5.41, 5.74) is 1.74. The Bertz CT molecular complexity index is 909. The fourth-order valence-electron chi connectivity index (χ4n) is 3.29. The molecule has 0 aliphatic carbocycles. The molecule has 9 heteroatoms. The Hall–Kier alpha value is -2.51. The number of nitrogens with zero attached hydrogens (tertiary/aromatic N) is 3. The minimum atomic E-state index is -0.142. The van der Waals surface area contributed by atoms with Crippen molar-refractivity contribution in [3.05, 3.63) is 57.7 Å². The largest absolute Gasteiger partial charge is 0.367 e. The van der Waals surface area contributed by atoms with Gasteiger partial charge in [-0.05, 0) is 31.5 Å². The van der Waals surface area contributed by atoms with Crippen molar-refractivity contribution in [1.82, 2.24) is 20.1 Å². The van der Waals surface area contributed by atoms with Crippen molar-refractivity contribution in [2.45, 2.75) is 13.3 Å². The van der Waals surface area contributed by atoms with Gasteiger partial charge >= 0.3 is 6.03 Å². The third-order valence-electron chi connectivity index (χ3n) is 4.84. The maximum absolute atomic E-state index is 12.7. The summed E-state index contributed by atoms with van der Waals surface area (Å²) in [6, 6.07) is 9.05. The lowest BCUT2D eigenvalue weighted by atomic mass is 10.1. The molecule has 1 aliphatic rings. The summed E-state index contributed by atoms with van der Waals surface area (Å²) >= 11 is 11.9. The standard InChI is InChI=1S/C21H25Cl2N5O2/c1-15-4-2-5-16(12-15)20(29)27-8-3-9-28(11-10-27)21(30)25-7-6-24-19-18(23)13-17(22)14-26-19/h2,4-5,12-14H,3,6-11H2,1H3,(H,24,26)(H,25,30). The molecule has 0 spiro atoms. The zero-order valence-corrected chi connectivity index (χ0v) is 18.3. The molecule has 0 atom stereocenters. The molecule has 0 saturated carbocycles. The molecule has 0 radical (unpaired) electrons. The number of nitrogens with one attached hydrogen (secondary N) is 2. The minimum Gasteiger partial charge on any atom is -0.367 e. The van der Waals surface area contributed by atoms with E-state index < -0.39 is 0 Å². The quantitative estimate of drug-likeness (QED) is 0.682. The molecule has 0 bridgehead atoms. The van der Waals surface area contributed by atoms with E-state index in [9.17, 15) is 9.59 Å². The van der Waals surface area contributed by atoms with Gasteiger partial charge in [-0.15, -0.1) is 0 Å². The average Bonchev–Trinajstić information content (AvgIpc) is 2.98.